The summed E-state index contributed by atoms with van der Waals surface area (Å²) in [6, 6.07) is 13.8. The minimum Gasteiger partial charge on any atom is -0.368 e. The van der Waals surface area contributed by atoms with Gasteiger partial charge in [-0.25, -0.2) is 14.4 Å². The molecule has 0 saturated heterocycles. The Morgan fingerprint density at radius 1 is 0.690 bits per heavy atom. The minimum atomic E-state index is -0.889. The van der Waals surface area contributed by atoms with E-state index in [4.69, 9.17) is 90.8 Å². The van der Waals surface area contributed by atoms with Gasteiger partial charge in [-0.1, -0.05) is 30.3 Å². The van der Waals surface area contributed by atoms with Crippen LogP contribution in [-0.4, -0.2) is 158 Å². The lowest BCUT2D eigenvalue weighted by Gasteiger charge is -2.42. The number of aryl methyl sites for hydroxylation is 1. The van der Waals surface area contributed by atoms with E-state index in [1.807, 2.05) is 31.2 Å². The Hall–Kier alpha value is -1.52. The number of nitrogens with zero attached hydrogens (tertiary/aromatic N) is 2. The van der Waals surface area contributed by atoms with Crippen molar-refractivity contribution in [1.29, 1.82) is 0 Å². The van der Waals surface area contributed by atoms with Crippen LogP contribution in [-0.2, 0) is 0 Å². The molecule has 0 unspecified atom stereocenters. The second kappa shape index (κ2) is 18.3. The molecule has 3 rings (SSSR count). The number of carbonyl (C=O) groups is 1. The summed E-state index contributed by atoms with van der Waals surface area (Å²) in [5, 5.41) is 1.06. The highest BCUT2D eigenvalue weighted by Crippen LogP contribution is 2.14. The third kappa shape index (κ3) is 11.5. The van der Waals surface area contributed by atoms with Gasteiger partial charge < -0.3 is 5.73 Å². The first-order valence-electron chi connectivity index (χ1n) is 13.1. The number of Topliss-reactive ketones (excluding diaryl/α,β-unsaturated/α-hetero) is 1. The second-order valence-corrected chi connectivity index (χ2v) is 9.92. The van der Waals surface area contributed by atoms with Crippen LogP contribution in [0.3, 0.4) is 0 Å². The maximum Gasteiger partial charge on any atom is 0.220 e. The van der Waals surface area contributed by atoms with Gasteiger partial charge in [0.1, 0.15) is 5.82 Å². The zero-order valence-corrected chi connectivity index (χ0v) is 23.9. The molecule has 1 heterocycles. The van der Waals surface area contributed by atoms with Gasteiger partial charge in [0.25, 0.3) is 0 Å². The van der Waals surface area contributed by atoms with Crippen LogP contribution in [0, 0.1) is 12.7 Å². The van der Waals surface area contributed by atoms with Crippen molar-refractivity contribution in [2.45, 2.75) is 13.8 Å². The quantitative estimate of drug-likeness (QED) is 0.234. The molecule has 0 saturated carbocycles. The van der Waals surface area contributed by atoms with Crippen LogP contribution in [0.1, 0.15) is 23.0 Å². The molecule has 0 aliphatic carbocycles. The predicted octanol–water partition coefficient (Wildman–Crippen LogP) is -4.07. The van der Waals surface area contributed by atoms with Gasteiger partial charge in [0, 0.05) is 148 Å². The maximum atomic E-state index is 12.6. The lowest BCUT2D eigenvalue weighted by atomic mass is 8.39. The van der Waals surface area contributed by atoms with Crippen molar-refractivity contribution in [3.63, 3.8) is 0 Å². The van der Waals surface area contributed by atoms with Gasteiger partial charge in [-0.3, -0.25) is 4.79 Å². The molecule has 0 atom stereocenters. The van der Waals surface area contributed by atoms with E-state index in [0.717, 1.165) is 16.6 Å². The number of carbonyl (C=O) groups excluding carboxylic acids is 1. The number of anilines is 1. The average Bonchev–Trinajstić information content (AvgIpc) is 2.87. The molecule has 1 aromatic heterocycles. The summed E-state index contributed by atoms with van der Waals surface area (Å²) in [6.07, 6.45) is -7.15. The Morgan fingerprint density at radius 2 is 1.14 bits per heavy atom. The molecule has 4 nitrogen and oxygen atoms in total. The van der Waals surface area contributed by atoms with Crippen LogP contribution in [0.25, 0.3) is 10.9 Å². The third-order valence-electron chi connectivity index (χ3n) is 6.62. The summed E-state index contributed by atoms with van der Waals surface area (Å²) in [7, 11) is 63.2. The third-order valence-corrected chi connectivity index (χ3v) is 6.62. The van der Waals surface area contributed by atoms with Crippen molar-refractivity contribution in [3.8, 4) is 0 Å². The number of rotatable bonds is 9. The standard InChI is InChI=1S/C9H9N3.C8H7FO.B20/c1-6-7-4-2-3-5-8(7)12-9(10)11-6;1-6(10)7-4-2-3-5-8(7)9;1-12(2)17(11)20(18(13(3)4)14(5)6)19(15(7)8)16(9)10/h2-5H,1H3,(H2,10,11,12);2-5H,1H3;. The summed E-state index contributed by atoms with van der Waals surface area (Å²) < 4.78 is 12.6. The van der Waals surface area contributed by atoms with E-state index in [2.05, 4.69) is 9.97 Å². The number of nitrogens with two attached hydrogens (primary N) is 1. The number of fused-ring (bicyclic) bond motifs is 1. The van der Waals surface area contributed by atoms with E-state index in [-0.39, 0.29) is 11.3 Å². The fraction of sp³-hybridized carbons (Fsp3) is 0.118. The zero-order valence-electron chi connectivity index (χ0n) is 23.9. The number of nitrogen functional groups attached to an aromatic ring is 1. The molecule has 2 N–H and O–H groups in total. The Balaban J connectivity index is 0.000000338. The average molecular weight is 514 g/mol. The van der Waals surface area contributed by atoms with E-state index in [9.17, 15) is 9.18 Å². The number of hydrogen-bond donors (Lipinski definition) is 1. The second-order valence-electron chi connectivity index (χ2n) is 9.92. The largest absolute Gasteiger partial charge is 0.368 e. The van der Waals surface area contributed by atoms with E-state index in [1.165, 1.54) is 19.1 Å². The first-order valence-corrected chi connectivity index (χ1v) is 13.1. The molecule has 0 fully saturated rings. The first-order chi connectivity index (χ1) is 19.5. The van der Waals surface area contributed by atoms with Crippen LogP contribution < -0.4 is 5.73 Å². The Morgan fingerprint density at radius 3 is 1.55 bits per heavy atom. The molecule has 0 aliphatic rings. The molecule has 0 spiro atoms. The fourth-order valence-electron chi connectivity index (χ4n) is 4.57. The molecule has 3 aromatic rings. The Labute approximate surface area is 268 Å². The van der Waals surface area contributed by atoms with E-state index in [0.29, 0.717) is 5.95 Å². The summed E-state index contributed by atoms with van der Waals surface area (Å²) in [4.78, 5) is 18.8. The highest BCUT2D eigenvalue weighted by atomic mass is 19.1. The van der Waals surface area contributed by atoms with Crippen molar-refractivity contribution in [1.82, 2.24) is 9.97 Å². The molecule has 172 valence electrons. The summed E-state index contributed by atoms with van der Waals surface area (Å²) in [6.45, 7) is 3.28. The first kappa shape index (κ1) is 38.5. The molecule has 0 aliphatic heterocycles. The number of hydrogen-bond acceptors (Lipinski definition) is 4. The van der Waals surface area contributed by atoms with Crippen LogP contribution >= 0.6 is 0 Å². The maximum absolute atomic E-state index is 12.6. The van der Waals surface area contributed by atoms with Crippen molar-refractivity contribution >= 4 is 165 Å². The monoisotopic (exact) mass is 517 g/mol. The molecular formula is C17H16B20FN3O. The normalized spacial score (nSPS) is 9.60. The highest BCUT2D eigenvalue weighted by Gasteiger charge is 2.44. The smallest absolute Gasteiger partial charge is 0.220 e. The molecular weight excluding hydrogens is 497 g/mol. The molecule has 42 heavy (non-hydrogen) atoms. The van der Waals surface area contributed by atoms with Crippen molar-refractivity contribution in [2.75, 3.05) is 5.73 Å². The zero-order chi connectivity index (χ0) is 32.3. The van der Waals surface area contributed by atoms with Gasteiger partial charge in [0.2, 0.25) is 5.95 Å². The van der Waals surface area contributed by atoms with E-state index >= 15 is 0 Å². The van der Waals surface area contributed by atoms with Gasteiger partial charge >= 0.3 is 0 Å². The van der Waals surface area contributed by atoms with Crippen LogP contribution in [0.2, 0.25) is 0 Å². The summed E-state index contributed by atoms with van der Waals surface area (Å²) in [5.41, 5.74) is 7.49. The lowest BCUT2D eigenvalue weighted by molar-refractivity contribution is 0.101. The van der Waals surface area contributed by atoms with E-state index < -0.39 is 63.3 Å². The van der Waals surface area contributed by atoms with Gasteiger partial charge in [0.05, 0.1) is 16.8 Å². The van der Waals surface area contributed by atoms with Gasteiger partial charge in [-0.2, -0.15) is 0 Å². The van der Waals surface area contributed by atoms with Crippen molar-refractivity contribution in [3.05, 3.63) is 65.6 Å². The SMILES string of the molecule is CC(=O)c1ccccc1F.Cc1nc(N)nc2ccccc12.[B]B([B])B([B])B(B(B([B])[B])B([B])[B])B(B([B])[B])B([B])[B]. The molecule has 22 radical (unpaired) electrons. The fourth-order valence-corrected chi connectivity index (χ4v) is 4.57. The molecule has 25 heteroatoms. The van der Waals surface area contributed by atoms with Gasteiger partial charge in [-0.05, 0) is 32.0 Å². The topological polar surface area (TPSA) is 68.9 Å². The molecule has 0 bridgehead atoms. The van der Waals surface area contributed by atoms with E-state index in [1.54, 1.807) is 12.1 Å². The van der Waals surface area contributed by atoms with Crippen LogP contribution in [0.4, 0.5) is 10.3 Å². The highest BCUT2D eigenvalue weighted by molar-refractivity contribution is 8.19. The van der Waals surface area contributed by atoms with Crippen LogP contribution in [0.15, 0.2) is 48.5 Å². The predicted molar refractivity (Wildman–Crippen MR) is 200 cm³/mol. The summed E-state index contributed by atoms with van der Waals surface area (Å²) in [5.74, 6) is -0.348. The lowest BCUT2D eigenvalue weighted by Crippen LogP contribution is -2.80. The van der Waals surface area contributed by atoms with Crippen LogP contribution in [0.5, 0.6) is 0 Å². The minimum absolute atomic E-state index is 0.155. The number of halogens is 1. The molecule has 2 aromatic carbocycles. The summed E-state index contributed by atoms with van der Waals surface area (Å²) >= 11 is 0. The van der Waals surface area contributed by atoms with Gasteiger partial charge in [-0.15, -0.1) is 0 Å². The van der Waals surface area contributed by atoms with Crippen molar-refractivity contribution in [2.24, 2.45) is 0 Å². The molecule has 0 amide bonds. The number of benzene rings is 2. The van der Waals surface area contributed by atoms with Crippen molar-refractivity contribution < 1.29 is 9.18 Å². The Kier molecular flexibility index (Phi) is 16.8. The number of aromatic nitrogens is 2. The van der Waals surface area contributed by atoms with Gasteiger partial charge in [0.15, 0.2) is 5.78 Å². The number of ketones is 1. The number of para-hydroxylation sites is 1. The Bertz CT molecular complexity index is 1240.